The lowest BCUT2D eigenvalue weighted by Crippen LogP contribution is -2.08. The highest BCUT2D eigenvalue weighted by molar-refractivity contribution is 9.24. The molecule has 1 aromatic rings. The molecule has 0 saturated carbocycles. The molecule has 0 amide bonds. The van der Waals surface area contributed by atoms with Crippen molar-refractivity contribution in [2.24, 2.45) is 0 Å². The molecule has 0 spiro atoms. The van der Waals surface area contributed by atoms with E-state index in [4.69, 9.17) is 9.47 Å². The van der Waals surface area contributed by atoms with Crippen LogP contribution >= 0.6 is 63.7 Å². The smallest absolute Gasteiger partial charge is 0.308 e. The number of carbonyl (C=O) groups excluding carboxylic acids is 2. The highest BCUT2D eigenvalue weighted by Crippen LogP contribution is 2.46. The third-order valence-corrected chi connectivity index (χ3v) is 4.07. The SMILES string of the molecule is CC(=O)Oc1cc(C(Br)Br)c(OC(C)=O)c(C(Br)Br)c1. The topological polar surface area (TPSA) is 52.6 Å². The number of hydrogen-bond donors (Lipinski definition) is 0. The van der Waals surface area contributed by atoms with E-state index in [0.29, 0.717) is 22.6 Å². The zero-order valence-corrected chi connectivity index (χ0v) is 16.8. The summed E-state index contributed by atoms with van der Waals surface area (Å²) >= 11 is 13.4. The van der Waals surface area contributed by atoms with Crippen molar-refractivity contribution in [2.45, 2.75) is 21.3 Å². The van der Waals surface area contributed by atoms with E-state index < -0.39 is 11.9 Å². The van der Waals surface area contributed by atoms with E-state index in [2.05, 4.69) is 63.7 Å². The summed E-state index contributed by atoms with van der Waals surface area (Å²) in [5.41, 5.74) is 1.27. The molecular formula is C12H10Br4O4. The molecule has 8 heteroatoms. The summed E-state index contributed by atoms with van der Waals surface area (Å²) in [6, 6.07) is 3.25. The van der Waals surface area contributed by atoms with E-state index in [1.807, 2.05) is 0 Å². The fraction of sp³-hybridized carbons (Fsp3) is 0.333. The van der Waals surface area contributed by atoms with Crippen LogP contribution in [-0.4, -0.2) is 11.9 Å². The molecule has 1 rings (SSSR count). The Morgan fingerprint density at radius 2 is 1.30 bits per heavy atom. The normalized spacial score (nSPS) is 10.8. The van der Waals surface area contributed by atoms with Crippen LogP contribution in [0.4, 0.5) is 0 Å². The summed E-state index contributed by atoms with van der Waals surface area (Å²) in [6.45, 7) is 2.64. The Morgan fingerprint density at radius 1 is 0.900 bits per heavy atom. The van der Waals surface area contributed by atoms with Crippen molar-refractivity contribution >= 4 is 75.7 Å². The van der Waals surface area contributed by atoms with Crippen molar-refractivity contribution in [3.8, 4) is 11.5 Å². The summed E-state index contributed by atoms with van der Waals surface area (Å²) in [6.07, 6.45) is 0. The molecule has 20 heavy (non-hydrogen) atoms. The van der Waals surface area contributed by atoms with E-state index in [1.165, 1.54) is 13.8 Å². The quantitative estimate of drug-likeness (QED) is 0.304. The van der Waals surface area contributed by atoms with Gasteiger partial charge in [0.2, 0.25) is 0 Å². The van der Waals surface area contributed by atoms with Crippen LogP contribution in [0, 0.1) is 0 Å². The molecule has 0 atom stereocenters. The largest absolute Gasteiger partial charge is 0.427 e. The molecule has 0 fully saturated rings. The van der Waals surface area contributed by atoms with E-state index in [9.17, 15) is 9.59 Å². The van der Waals surface area contributed by atoms with Gasteiger partial charge in [-0.15, -0.1) is 0 Å². The van der Waals surface area contributed by atoms with Crippen molar-refractivity contribution in [1.29, 1.82) is 0 Å². The van der Waals surface area contributed by atoms with Gasteiger partial charge in [0.1, 0.15) is 11.5 Å². The Hall–Kier alpha value is 0.0800. The maximum absolute atomic E-state index is 11.3. The number of esters is 2. The number of alkyl halides is 4. The molecule has 0 aliphatic heterocycles. The predicted octanol–water partition coefficient (Wildman–Crippen LogP) is 5.11. The zero-order valence-electron chi connectivity index (χ0n) is 10.5. The van der Waals surface area contributed by atoms with Crippen molar-refractivity contribution in [3.05, 3.63) is 23.3 Å². The molecular weight excluding hydrogens is 528 g/mol. The van der Waals surface area contributed by atoms with Gasteiger partial charge in [0.05, 0.1) is 7.47 Å². The van der Waals surface area contributed by atoms with Gasteiger partial charge in [0.15, 0.2) is 0 Å². The van der Waals surface area contributed by atoms with Crippen molar-refractivity contribution in [3.63, 3.8) is 0 Å². The fourth-order valence-electron chi connectivity index (χ4n) is 1.46. The van der Waals surface area contributed by atoms with Crippen LogP contribution in [0.25, 0.3) is 0 Å². The molecule has 1 aromatic carbocycles. The number of rotatable bonds is 4. The minimum Gasteiger partial charge on any atom is -0.427 e. The first-order valence-corrected chi connectivity index (χ1v) is 8.99. The second-order valence-corrected chi connectivity index (χ2v) is 9.84. The van der Waals surface area contributed by atoms with Crippen molar-refractivity contribution < 1.29 is 19.1 Å². The third kappa shape index (κ3) is 5.13. The second kappa shape index (κ2) is 7.91. The molecule has 0 heterocycles. The minimum atomic E-state index is -0.436. The fourth-order valence-corrected chi connectivity index (χ4v) is 2.82. The number of benzene rings is 1. The first kappa shape index (κ1) is 18.1. The highest BCUT2D eigenvalue weighted by Gasteiger charge is 2.22. The van der Waals surface area contributed by atoms with E-state index in [0.717, 1.165) is 0 Å². The summed E-state index contributed by atoms with van der Waals surface area (Å²) in [5.74, 6) is -0.102. The Morgan fingerprint density at radius 3 is 1.60 bits per heavy atom. The van der Waals surface area contributed by atoms with Crippen LogP contribution in [0.3, 0.4) is 0 Å². The van der Waals surface area contributed by atoms with Gasteiger partial charge in [-0.25, -0.2) is 0 Å². The lowest BCUT2D eigenvalue weighted by atomic mass is 10.1. The van der Waals surface area contributed by atoms with Crippen LogP contribution in [0.15, 0.2) is 12.1 Å². The Labute approximate surface area is 150 Å². The summed E-state index contributed by atoms with van der Waals surface area (Å²) in [7, 11) is 0. The molecule has 0 aliphatic rings. The molecule has 0 N–H and O–H groups in total. The number of ether oxygens (including phenoxy) is 2. The van der Waals surface area contributed by atoms with Gasteiger partial charge >= 0.3 is 11.9 Å². The molecule has 0 bridgehead atoms. The lowest BCUT2D eigenvalue weighted by molar-refractivity contribution is -0.133. The Balaban J connectivity index is 3.45. The summed E-state index contributed by atoms with van der Waals surface area (Å²) in [4.78, 5) is 22.3. The molecule has 0 aromatic heterocycles. The van der Waals surface area contributed by atoms with Crippen LogP contribution in [0.1, 0.15) is 32.4 Å². The summed E-state index contributed by atoms with van der Waals surface area (Å²) < 4.78 is 9.82. The average molecular weight is 538 g/mol. The minimum absolute atomic E-state index is 0.266. The maximum Gasteiger partial charge on any atom is 0.308 e. The second-order valence-electron chi connectivity index (χ2n) is 3.72. The summed E-state index contributed by atoms with van der Waals surface area (Å²) in [5, 5.41) is 0. The molecule has 0 saturated heterocycles. The van der Waals surface area contributed by atoms with Crippen LogP contribution < -0.4 is 9.47 Å². The molecule has 4 nitrogen and oxygen atoms in total. The molecule has 110 valence electrons. The molecule has 0 aliphatic carbocycles. The van der Waals surface area contributed by atoms with Gasteiger partial charge in [0, 0.05) is 25.0 Å². The monoisotopic (exact) mass is 534 g/mol. The molecule has 0 unspecified atom stereocenters. The van der Waals surface area contributed by atoms with Gasteiger partial charge in [-0.1, -0.05) is 63.7 Å². The van der Waals surface area contributed by atoms with Crippen LogP contribution in [0.5, 0.6) is 11.5 Å². The predicted molar refractivity (Wildman–Crippen MR) is 90.3 cm³/mol. The lowest BCUT2D eigenvalue weighted by Gasteiger charge is -2.17. The van der Waals surface area contributed by atoms with Gasteiger partial charge in [-0.05, 0) is 12.1 Å². The highest BCUT2D eigenvalue weighted by atomic mass is 79.9. The van der Waals surface area contributed by atoms with E-state index in [-0.39, 0.29) is 7.47 Å². The van der Waals surface area contributed by atoms with E-state index in [1.54, 1.807) is 12.1 Å². The van der Waals surface area contributed by atoms with Crippen LogP contribution in [0.2, 0.25) is 0 Å². The van der Waals surface area contributed by atoms with E-state index >= 15 is 0 Å². The molecule has 0 radical (unpaired) electrons. The van der Waals surface area contributed by atoms with Crippen molar-refractivity contribution in [2.75, 3.05) is 0 Å². The zero-order chi connectivity index (χ0) is 15.4. The maximum atomic E-state index is 11.3. The first-order valence-electron chi connectivity index (χ1n) is 5.33. The van der Waals surface area contributed by atoms with Gasteiger partial charge in [0.25, 0.3) is 0 Å². The van der Waals surface area contributed by atoms with Gasteiger partial charge in [-0.2, -0.15) is 0 Å². The number of carbonyl (C=O) groups is 2. The third-order valence-electron chi connectivity index (χ3n) is 2.10. The average Bonchev–Trinajstić information content (AvgIpc) is 2.28. The number of hydrogen-bond acceptors (Lipinski definition) is 4. The van der Waals surface area contributed by atoms with Gasteiger partial charge < -0.3 is 9.47 Å². The standard InChI is InChI=1S/C12H10Br4O4/c1-5(17)19-7-3-8(11(13)14)10(20-6(2)18)9(4-7)12(15)16/h3-4,11-12H,1-2H3. The number of halogens is 4. The first-order chi connectivity index (χ1) is 9.22. The Kier molecular flexibility index (Phi) is 7.17. The van der Waals surface area contributed by atoms with Crippen molar-refractivity contribution in [1.82, 2.24) is 0 Å². The Bertz CT molecular complexity index is 499. The van der Waals surface area contributed by atoms with Crippen LogP contribution in [-0.2, 0) is 9.59 Å². The van der Waals surface area contributed by atoms with Gasteiger partial charge in [-0.3, -0.25) is 9.59 Å².